The molecule has 1 N–H and O–H groups in total. The van der Waals surface area contributed by atoms with Gasteiger partial charge in [0, 0.05) is 12.5 Å². The summed E-state index contributed by atoms with van der Waals surface area (Å²) in [4.78, 5) is 10.8. The standard InChI is InChI=1S/C19H26O6/c1-2-19(21)25-15-7-13-23-16-22-12-5-3-4-6-14-24-18-10-8-17(20)9-11-18/h2-3,5,8-11,20H,1,4,6-7,12-16H2/b5-3+. The molecule has 1 rings (SSSR count). The summed E-state index contributed by atoms with van der Waals surface area (Å²) in [5, 5.41) is 9.16. The summed E-state index contributed by atoms with van der Waals surface area (Å²) in [6.07, 6.45) is 7.54. The molecule has 0 bridgehead atoms. The zero-order valence-corrected chi connectivity index (χ0v) is 14.4. The summed E-state index contributed by atoms with van der Waals surface area (Å²) in [5.41, 5.74) is 0. The van der Waals surface area contributed by atoms with Crippen LogP contribution in [0.1, 0.15) is 19.3 Å². The van der Waals surface area contributed by atoms with E-state index in [2.05, 4.69) is 6.58 Å². The Kier molecular flexibility index (Phi) is 11.7. The molecule has 0 aliphatic rings. The molecule has 0 fully saturated rings. The molecular formula is C19H26O6. The summed E-state index contributed by atoms with van der Waals surface area (Å²) in [6.45, 7) is 5.42. The van der Waals surface area contributed by atoms with Crippen LogP contribution in [0.4, 0.5) is 0 Å². The zero-order chi connectivity index (χ0) is 18.2. The Morgan fingerprint density at radius 1 is 1.04 bits per heavy atom. The van der Waals surface area contributed by atoms with E-state index < -0.39 is 5.97 Å². The van der Waals surface area contributed by atoms with E-state index in [1.165, 1.54) is 0 Å². The van der Waals surface area contributed by atoms with E-state index in [0.29, 0.717) is 32.8 Å². The molecule has 1 aromatic carbocycles. The highest BCUT2D eigenvalue weighted by atomic mass is 16.7. The van der Waals surface area contributed by atoms with Crippen molar-refractivity contribution in [2.24, 2.45) is 0 Å². The lowest BCUT2D eigenvalue weighted by Crippen LogP contribution is -2.07. The van der Waals surface area contributed by atoms with Crippen LogP contribution in [0.25, 0.3) is 0 Å². The lowest BCUT2D eigenvalue weighted by atomic mass is 10.3. The van der Waals surface area contributed by atoms with Crippen LogP contribution in [0.5, 0.6) is 11.5 Å². The highest BCUT2D eigenvalue weighted by molar-refractivity contribution is 5.81. The first kappa shape index (κ1) is 20.7. The Bertz CT molecular complexity index is 509. The fourth-order valence-corrected chi connectivity index (χ4v) is 1.75. The number of carbonyl (C=O) groups excluding carboxylic acids is 1. The summed E-state index contributed by atoms with van der Waals surface area (Å²) in [5.74, 6) is 0.562. The van der Waals surface area contributed by atoms with Crippen molar-refractivity contribution in [3.05, 3.63) is 49.1 Å². The smallest absolute Gasteiger partial charge is 0.330 e. The van der Waals surface area contributed by atoms with E-state index >= 15 is 0 Å². The van der Waals surface area contributed by atoms with Crippen molar-refractivity contribution in [2.45, 2.75) is 19.3 Å². The van der Waals surface area contributed by atoms with Gasteiger partial charge in [-0.15, -0.1) is 0 Å². The third kappa shape index (κ3) is 11.8. The third-order valence-corrected chi connectivity index (χ3v) is 3.01. The van der Waals surface area contributed by atoms with E-state index in [9.17, 15) is 4.79 Å². The number of rotatable bonds is 14. The van der Waals surface area contributed by atoms with Crippen LogP contribution in [0, 0.1) is 0 Å². The molecule has 0 heterocycles. The van der Waals surface area contributed by atoms with Crippen LogP contribution in [0.15, 0.2) is 49.1 Å². The van der Waals surface area contributed by atoms with Gasteiger partial charge in [0.1, 0.15) is 18.3 Å². The maximum absolute atomic E-state index is 10.8. The molecular weight excluding hydrogens is 324 g/mol. The van der Waals surface area contributed by atoms with Crippen molar-refractivity contribution in [3.63, 3.8) is 0 Å². The SMILES string of the molecule is C=CC(=O)OCCCOCOC/C=C/CCCOc1ccc(O)cc1. The molecule has 0 unspecified atom stereocenters. The first-order valence-corrected chi connectivity index (χ1v) is 8.24. The number of ether oxygens (including phenoxy) is 4. The molecule has 0 aromatic heterocycles. The van der Waals surface area contributed by atoms with Gasteiger partial charge in [0.15, 0.2) is 0 Å². The van der Waals surface area contributed by atoms with Crippen molar-refractivity contribution in [1.82, 2.24) is 0 Å². The molecule has 0 aliphatic heterocycles. The Labute approximate surface area is 148 Å². The minimum atomic E-state index is -0.421. The average molecular weight is 350 g/mol. The van der Waals surface area contributed by atoms with Crippen LogP contribution >= 0.6 is 0 Å². The molecule has 0 radical (unpaired) electrons. The van der Waals surface area contributed by atoms with E-state index in [1.54, 1.807) is 24.3 Å². The van der Waals surface area contributed by atoms with E-state index in [4.69, 9.17) is 24.1 Å². The van der Waals surface area contributed by atoms with Crippen LogP contribution in [-0.4, -0.2) is 44.3 Å². The van der Waals surface area contributed by atoms with E-state index in [1.807, 2.05) is 12.2 Å². The number of benzene rings is 1. The number of unbranched alkanes of at least 4 members (excludes halogenated alkanes) is 1. The lowest BCUT2D eigenvalue weighted by Gasteiger charge is -2.05. The lowest BCUT2D eigenvalue weighted by molar-refractivity contribution is -0.138. The minimum Gasteiger partial charge on any atom is -0.508 e. The molecule has 0 saturated heterocycles. The van der Waals surface area contributed by atoms with Crippen molar-refractivity contribution in [3.8, 4) is 11.5 Å². The average Bonchev–Trinajstić information content (AvgIpc) is 2.63. The van der Waals surface area contributed by atoms with Crippen molar-refractivity contribution >= 4 is 5.97 Å². The molecule has 0 spiro atoms. The summed E-state index contributed by atoms with van der Waals surface area (Å²) in [6, 6.07) is 6.68. The number of hydrogen-bond donors (Lipinski definition) is 1. The topological polar surface area (TPSA) is 74.2 Å². The number of phenols is 1. The molecule has 25 heavy (non-hydrogen) atoms. The van der Waals surface area contributed by atoms with Crippen LogP contribution in [0.2, 0.25) is 0 Å². The quantitative estimate of drug-likeness (QED) is 0.183. The minimum absolute atomic E-state index is 0.212. The van der Waals surface area contributed by atoms with Gasteiger partial charge in [-0.1, -0.05) is 18.7 Å². The molecule has 0 saturated carbocycles. The maximum atomic E-state index is 10.8. The van der Waals surface area contributed by atoms with Gasteiger partial charge in [0.2, 0.25) is 0 Å². The van der Waals surface area contributed by atoms with Crippen LogP contribution in [-0.2, 0) is 19.0 Å². The normalized spacial score (nSPS) is 10.7. The first-order chi connectivity index (χ1) is 12.2. The largest absolute Gasteiger partial charge is 0.508 e. The van der Waals surface area contributed by atoms with Crippen LogP contribution < -0.4 is 4.74 Å². The number of aromatic hydroxyl groups is 1. The Morgan fingerprint density at radius 2 is 1.84 bits per heavy atom. The van der Waals surface area contributed by atoms with Crippen molar-refractivity contribution in [1.29, 1.82) is 0 Å². The monoisotopic (exact) mass is 350 g/mol. The second-order valence-corrected chi connectivity index (χ2v) is 5.08. The van der Waals surface area contributed by atoms with Gasteiger partial charge >= 0.3 is 5.97 Å². The maximum Gasteiger partial charge on any atom is 0.330 e. The zero-order valence-electron chi connectivity index (χ0n) is 14.4. The Hall–Kier alpha value is -2.31. The molecule has 6 nitrogen and oxygen atoms in total. The van der Waals surface area contributed by atoms with Crippen LogP contribution in [0.3, 0.4) is 0 Å². The number of allylic oxidation sites excluding steroid dienone is 1. The van der Waals surface area contributed by atoms with Crippen molar-refractivity contribution < 1.29 is 28.8 Å². The summed E-state index contributed by atoms with van der Waals surface area (Å²) >= 11 is 0. The Morgan fingerprint density at radius 3 is 2.60 bits per heavy atom. The highest BCUT2D eigenvalue weighted by Gasteiger charge is 1.95. The van der Waals surface area contributed by atoms with Gasteiger partial charge in [0.05, 0.1) is 26.4 Å². The van der Waals surface area contributed by atoms with Gasteiger partial charge in [-0.3, -0.25) is 0 Å². The summed E-state index contributed by atoms with van der Waals surface area (Å²) < 4.78 is 20.9. The third-order valence-electron chi connectivity index (χ3n) is 3.01. The number of hydrogen-bond acceptors (Lipinski definition) is 6. The number of esters is 1. The van der Waals surface area contributed by atoms with Crippen molar-refractivity contribution in [2.75, 3.05) is 33.2 Å². The number of phenolic OH excluding ortho intramolecular Hbond substituents is 1. The second-order valence-electron chi connectivity index (χ2n) is 5.08. The predicted octanol–water partition coefficient (Wildman–Crippen LogP) is 3.22. The molecule has 6 heteroatoms. The number of carbonyl (C=O) groups is 1. The molecule has 0 aliphatic carbocycles. The van der Waals surface area contributed by atoms with E-state index in [0.717, 1.165) is 24.7 Å². The highest BCUT2D eigenvalue weighted by Crippen LogP contribution is 2.16. The first-order valence-electron chi connectivity index (χ1n) is 8.24. The Balaban J connectivity index is 1.84. The van der Waals surface area contributed by atoms with Gasteiger partial charge in [-0.2, -0.15) is 0 Å². The molecule has 0 atom stereocenters. The molecule has 0 amide bonds. The predicted molar refractivity (Wildman–Crippen MR) is 94.5 cm³/mol. The summed E-state index contributed by atoms with van der Waals surface area (Å²) in [7, 11) is 0. The second kappa shape index (κ2) is 14.1. The molecule has 138 valence electrons. The van der Waals surface area contributed by atoms with E-state index in [-0.39, 0.29) is 12.5 Å². The van der Waals surface area contributed by atoms with Gasteiger partial charge in [-0.25, -0.2) is 4.79 Å². The fourth-order valence-electron chi connectivity index (χ4n) is 1.75. The fraction of sp³-hybridized carbons (Fsp3) is 0.421. The van der Waals surface area contributed by atoms with Gasteiger partial charge < -0.3 is 24.1 Å². The van der Waals surface area contributed by atoms with Gasteiger partial charge in [0.25, 0.3) is 0 Å². The van der Waals surface area contributed by atoms with Gasteiger partial charge in [-0.05, 0) is 37.1 Å². The molecule has 1 aromatic rings.